The number of carbonyl (C=O) groups is 2. The average Bonchev–Trinajstić information content (AvgIpc) is 2.85. The number of hydrogen-bond acceptors (Lipinski definition) is 2. The molecule has 2 aromatic rings. The van der Waals surface area contributed by atoms with Crippen LogP contribution in [0, 0.1) is 11.7 Å². The lowest BCUT2D eigenvalue weighted by molar-refractivity contribution is -0.126. The van der Waals surface area contributed by atoms with Crippen LogP contribution in [0.5, 0.6) is 0 Å². The molecule has 0 atom stereocenters. The Kier molecular flexibility index (Phi) is 7.56. The Balaban J connectivity index is 1.22. The second kappa shape index (κ2) is 10.8. The SMILES string of the molecule is O=C(NCCc1ccccc1F)C1CCN(C(=O)c2ccc(C3CCCCC3)cc2)CC1. The fourth-order valence-corrected chi connectivity index (χ4v) is 5.03. The van der Waals surface area contributed by atoms with Crippen LogP contribution in [0.2, 0.25) is 0 Å². The minimum absolute atomic E-state index is 0.00488. The minimum Gasteiger partial charge on any atom is -0.356 e. The number of benzene rings is 2. The normalized spacial score (nSPS) is 17.8. The highest BCUT2D eigenvalue weighted by atomic mass is 19.1. The van der Waals surface area contributed by atoms with Crippen molar-refractivity contribution in [1.29, 1.82) is 0 Å². The van der Waals surface area contributed by atoms with Gasteiger partial charge >= 0.3 is 0 Å². The molecule has 4 rings (SSSR count). The van der Waals surface area contributed by atoms with Gasteiger partial charge in [0.05, 0.1) is 0 Å². The van der Waals surface area contributed by atoms with Crippen LogP contribution in [-0.2, 0) is 11.2 Å². The predicted octanol–water partition coefficient (Wildman–Crippen LogP) is 5.08. The van der Waals surface area contributed by atoms with Crippen molar-refractivity contribution in [2.45, 2.75) is 57.3 Å². The average molecular weight is 437 g/mol. The van der Waals surface area contributed by atoms with Crippen molar-refractivity contribution in [3.8, 4) is 0 Å². The van der Waals surface area contributed by atoms with Crippen molar-refractivity contribution in [3.05, 3.63) is 71.0 Å². The van der Waals surface area contributed by atoms with Crippen molar-refractivity contribution < 1.29 is 14.0 Å². The summed E-state index contributed by atoms with van der Waals surface area (Å²) in [5.74, 6) is 0.373. The first kappa shape index (κ1) is 22.5. The molecule has 2 aliphatic rings. The molecular weight excluding hydrogens is 403 g/mol. The Morgan fingerprint density at radius 2 is 1.59 bits per heavy atom. The number of piperidine rings is 1. The van der Waals surface area contributed by atoms with E-state index in [1.54, 1.807) is 18.2 Å². The van der Waals surface area contributed by atoms with Gasteiger partial charge in [0, 0.05) is 31.1 Å². The molecule has 4 nitrogen and oxygen atoms in total. The largest absolute Gasteiger partial charge is 0.356 e. The predicted molar refractivity (Wildman–Crippen MR) is 124 cm³/mol. The minimum atomic E-state index is -0.236. The van der Waals surface area contributed by atoms with E-state index in [0.717, 1.165) is 5.56 Å². The highest BCUT2D eigenvalue weighted by molar-refractivity contribution is 5.94. The number of carbonyl (C=O) groups excluding carboxylic acids is 2. The standard InChI is InChI=1S/C27H33FN2O2/c28-25-9-5-4-8-22(25)14-17-29-26(31)23-15-18-30(19-16-23)27(32)24-12-10-21(11-13-24)20-6-2-1-3-7-20/h4-5,8-13,20,23H,1-3,6-7,14-19H2,(H,29,31). The van der Waals surface area contributed by atoms with Crippen molar-refractivity contribution in [2.75, 3.05) is 19.6 Å². The van der Waals surface area contributed by atoms with E-state index in [2.05, 4.69) is 17.4 Å². The van der Waals surface area contributed by atoms with Gasteiger partial charge in [-0.25, -0.2) is 4.39 Å². The van der Waals surface area contributed by atoms with Gasteiger partial charge in [-0.1, -0.05) is 49.6 Å². The first-order valence-electron chi connectivity index (χ1n) is 12.0. The second-order valence-electron chi connectivity index (χ2n) is 9.16. The van der Waals surface area contributed by atoms with Crippen molar-refractivity contribution in [1.82, 2.24) is 10.2 Å². The Bertz CT molecular complexity index is 914. The fourth-order valence-electron chi connectivity index (χ4n) is 5.03. The lowest BCUT2D eigenvalue weighted by Crippen LogP contribution is -2.43. The van der Waals surface area contributed by atoms with Gasteiger partial charge in [0.1, 0.15) is 5.82 Å². The molecule has 0 radical (unpaired) electrons. The molecule has 1 aliphatic carbocycles. The van der Waals surface area contributed by atoms with E-state index < -0.39 is 0 Å². The maximum Gasteiger partial charge on any atom is 0.253 e. The lowest BCUT2D eigenvalue weighted by Gasteiger charge is -2.31. The topological polar surface area (TPSA) is 49.4 Å². The van der Waals surface area contributed by atoms with E-state index in [-0.39, 0.29) is 23.5 Å². The highest BCUT2D eigenvalue weighted by Gasteiger charge is 2.28. The quantitative estimate of drug-likeness (QED) is 0.686. The van der Waals surface area contributed by atoms with Crippen LogP contribution in [0.1, 0.15) is 72.3 Å². The number of nitrogens with zero attached hydrogens (tertiary/aromatic N) is 1. The van der Waals surface area contributed by atoms with Gasteiger partial charge < -0.3 is 10.2 Å². The molecule has 2 fully saturated rings. The zero-order chi connectivity index (χ0) is 22.3. The molecule has 0 spiro atoms. The molecule has 1 saturated carbocycles. The van der Waals surface area contributed by atoms with Crippen LogP contribution in [0.25, 0.3) is 0 Å². The fraction of sp³-hybridized carbons (Fsp3) is 0.481. The van der Waals surface area contributed by atoms with Crippen LogP contribution in [0.4, 0.5) is 4.39 Å². The van der Waals surface area contributed by atoms with E-state index in [0.29, 0.717) is 50.4 Å². The first-order valence-corrected chi connectivity index (χ1v) is 12.0. The maximum atomic E-state index is 13.7. The molecule has 1 heterocycles. The number of hydrogen-bond donors (Lipinski definition) is 1. The number of halogens is 1. The second-order valence-corrected chi connectivity index (χ2v) is 9.16. The van der Waals surface area contributed by atoms with Crippen LogP contribution in [0.15, 0.2) is 48.5 Å². The summed E-state index contributed by atoms with van der Waals surface area (Å²) >= 11 is 0. The van der Waals surface area contributed by atoms with Gasteiger partial charge in [0.15, 0.2) is 0 Å². The Morgan fingerprint density at radius 3 is 2.28 bits per heavy atom. The Morgan fingerprint density at radius 1 is 0.906 bits per heavy atom. The third-order valence-corrected chi connectivity index (χ3v) is 7.04. The monoisotopic (exact) mass is 436 g/mol. The molecule has 2 aromatic carbocycles. The summed E-state index contributed by atoms with van der Waals surface area (Å²) in [6.45, 7) is 1.61. The molecule has 0 bridgehead atoms. The van der Waals surface area contributed by atoms with E-state index in [1.165, 1.54) is 43.7 Å². The third-order valence-electron chi connectivity index (χ3n) is 7.04. The summed E-state index contributed by atoms with van der Waals surface area (Å²) in [6, 6.07) is 14.8. The number of likely N-dealkylation sites (tertiary alicyclic amines) is 1. The van der Waals surface area contributed by atoms with Gasteiger partial charge in [-0.05, 0) is 67.3 Å². The molecule has 0 unspecified atom stereocenters. The number of nitrogens with one attached hydrogen (secondary N) is 1. The molecule has 1 aliphatic heterocycles. The molecule has 1 saturated heterocycles. The smallest absolute Gasteiger partial charge is 0.253 e. The van der Waals surface area contributed by atoms with Gasteiger partial charge in [-0.3, -0.25) is 9.59 Å². The summed E-state index contributed by atoms with van der Waals surface area (Å²) in [7, 11) is 0. The van der Waals surface area contributed by atoms with Gasteiger partial charge in [-0.2, -0.15) is 0 Å². The zero-order valence-corrected chi connectivity index (χ0v) is 18.7. The number of rotatable bonds is 6. The molecule has 0 aromatic heterocycles. The zero-order valence-electron chi connectivity index (χ0n) is 18.7. The summed E-state index contributed by atoms with van der Waals surface area (Å²) < 4.78 is 13.7. The van der Waals surface area contributed by atoms with Crippen LogP contribution in [0.3, 0.4) is 0 Å². The third kappa shape index (κ3) is 5.56. The summed E-state index contributed by atoms with van der Waals surface area (Å²) in [6.07, 6.45) is 8.26. The molecular formula is C27H33FN2O2. The van der Waals surface area contributed by atoms with E-state index >= 15 is 0 Å². The van der Waals surface area contributed by atoms with Crippen molar-refractivity contribution in [2.24, 2.45) is 5.92 Å². The molecule has 32 heavy (non-hydrogen) atoms. The van der Waals surface area contributed by atoms with Crippen molar-refractivity contribution >= 4 is 11.8 Å². The summed E-state index contributed by atoms with van der Waals surface area (Å²) in [5, 5.41) is 2.93. The van der Waals surface area contributed by atoms with Gasteiger partial charge in [-0.15, -0.1) is 0 Å². The maximum absolute atomic E-state index is 13.7. The van der Waals surface area contributed by atoms with Gasteiger partial charge in [0.25, 0.3) is 5.91 Å². The summed E-state index contributed by atoms with van der Waals surface area (Å²) in [5.41, 5.74) is 2.70. The van der Waals surface area contributed by atoms with Crippen molar-refractivity contribution in [3.63, 3.8) is 0 Å². The Labute approximate surface area is 190 Å². The van der Waals surface area contributed by atoms with Gasteiger partial charge in [0.2, 0.25) is 5.91 Å². The molecule has 2 amide bonds. The van der Waals surface area contributed by atoms with E-state index in [9.17, 15) is 14.0 Å². The molecule has 5 heteroatoms. The highest BCUT2D eigenvalue weighted by Crippen LogP contribution is 2.32. The van der Waals surface area contributed by atoms with Crippen LogP contribution >= 0.6 is 0 Å². The van der Waals surface area contributed by atoms with Crippen LogP contribution in [-0.4, -0.2) is 36.3 Å². The molecule has 1 N–H and O–H groups in total. The summed E-state index contributed by atoms with van der Waals surface area (Å²) in [4.78, 5) is 27.3. The van der Waals surface area contributed by atoms with Crippen LogP contribution < -0.4 is 5.32 Å². The molecule has 170 valence electrons. The lowest BCUT2D eigenvalue weighted by atomic mass is 9.84. The van der Waals surface area contributed by atoms with E-state index in [1.807, 2.05) is 17.0 Å². The van der Waals surface area contributed by atoms with E-state index in [4.69, 9.17) is 0 Å². The number of amides is 2. The first-order chi connectivity index (χ1) is 15.6. The Hall–Kier alpha value is -2.69.